The molecular weight excluding hydrogens is 228 g/mol. The number of rotatable bonds is 3. The maximum absolute atomic E-state index is 12.3. The molecule has 0 atom stereocenters. The monoisotopic (exact) mass is 248 g/mol. The summed E-state index contributed by atoms with van der Waals surface area (Å²) < 4.78 is 5.43. The number of nitrogens with zero attached hydrogens (tertiary/aromatic N) is 1. The van der Waals surface area contributed by atoms with Gasteiger partial charge in [-0.3, -0.25) is 4.79 Å². The van der Waals surface area contributed by atoms with Gasteiger partial charge in [0.2, 0.25) is 0 Å². The van der Waals surface area contributed by atoms with Crippen LogP contribution in [-0.4, -0.2) is 43.6 Å². The Hall–Kier alpha value is -1.55. The van der Waals surface area contributed by atoms with Crippen LogP contribution in [0.15, 0.2) is 18.2 Å². The van der Waals surface area contributed by atoms with Crippen LogP contribution in [0.1, 0.15) is 22.8 Å². The summed E-state index contributed by atoms with van der Waals surface area (Å²) in [5.41, 5.74) is 1.75. The van der Waals surface area contributed by atoms with Gasteiger partial charge in [-0.1, -0.05) is 0 Å². The zero-order chi connectivity index (χ0) is 13.0. The van der Waals surface area contributed by atoms with Crippen molar-refractivity contribution in [1.29, 1.82) is 0 Å². The van der Waals surface area contributed by atoms with E-state index in [0.717, 1.165) is 43.1 Å². The summed E-state index contributed by atoms with van der Waals surface area (Å²) in [5.74, 6) is 0.948. The molecule has 18 heavy (non-hydrogen) atoms. The van der Waals surface area contributed by atoms with E-state index in [0.29, 0.717) is 6.61 Å². The Balaban J connectivity index is 2.14. The number of amides is 1. The van der Waals surface area contributed by atoms with Crippen LogP contribution in [-0.2, 0) is 0 Å². The second-order valence-electron chi connectivity index (χ2n) is 4.45. The summed E-state index contributed by atoms with van der Waals surface area (Å²) in [7, 11) is 0. The lowest BCUT2D eigenvalue weighted by Gasteiger charge is -2.28. The SMILES string of the molecule is CCOc1ccc(C(=O)N2CCNCC2)c(C)c1. The lowest BCUT2D eigenvalue weighted by molar-refractivity contribution is 0.0735. The van der Waals surface area contributed by atoms with E-state index in [1.165, 1.54) is 0 Å². The molecule has 0 spiro atoms. The fourth-order valence-electron chi connectivity index (χ4n) is 2.17. The molecule has 2 rings (SSSR count). The average Bonchev–Trinajstić information content (AvgIpc) is 2.40. The highest BCUT2D eigenvalue weighted by Gasteiger charge is 2.19. The number of carbonyl (C=O) groups is 1. The Kier molecular flexibility index (Phi) is 4.20. The summed E-state index contributed by atoms with van der Waals surface area (Å²) in [6.45, 7) is 7.87. The van der Waals surface area contributed by atoms with Gasteiger partial charge in [0.05, 0.1) is 6.61 Å². The Morgan fingerprint density at radius 2 is 2.11 bits per heavy atom. The standard InChI is InChI=1S/C14H20N2O2/c1-3-18-12-4-5-13(11(2)10-12)14(17)16-8-6-15-7-9-16/h4-5,10,15H,3,6-9H2,1-2H3. The van der Waals surface area contributed by atoms with Crippen molar-refractivity contribution in [3.63, 3.8) is 0 Å². The molecule has 1 fully saturated rings. The Morgan fingerprint density at radius 1 is 1.39 bits per heavy atom. The maximum Gasteiger partial charge on any atom is 0.254 e. The summed E-state index contributed by atoms with van der Waals surface area (Å²) in [4.78, 5) is 14.2. The average molecular weight is 248 g/mol. The number of hydrogen-bond donors (Lipinski definition) is 1. The fraction of sp³-hybridized carbons (Fsp3) is 0.500. The molecular formula is C14H20N2O2. The summed E-state index contributed by atoms with van der Waals surface area (Å²) in [6.07, 6.45) is 0. The van der Waals surface area contributed by atoms with Gasteiger partial charge >= 0.3 is 0 Å². The number of piperazine rings is 1. The molecule has 4 heteroatoms. The van der Waals surface area contributed by atoms with E-state index >= 15 is 0 Å². The van der Waals surface area contributed by atoms with Crippen LogP contribution in [0.25, 0.3) is 0 Å². The molecule has 1 amide bonds. The van der Waals surface area contributed by atoms with Crippen molar-refractivity contribution in [3.8, 4) is 5.75 Å². The molecule has 1 saturated heterocycles. The van der Waals surface area contributed by atoms with Crippen LogP contribution >= 0.6 is 0 Å². The van der Waals surface area contributed by atoms with Gasteiger partial charge in [-0.25, -0.2) is 0 Å². The van der Waals surface area contributed by atoms with Crippen molar-refractivity contribution in [3.05, 3.63) is 29.3 Å². The third-order valence-corrected chi connectivity index (χ3v) is 3.14. The predicted molar refractivity (Wildman–Crippen MR) is 71.1 cm³/mol. The van der Waals surface area contributed by atoms with Crippen molar-refractivity contribution in [2.24, 2.45) is 0 Å². The molecule has 0 aliphatic carbocycles. The first-order valence-corrected chi connectivity index (χ1v) is 6.46. The minimum atomic E-state index is 0.122. The van der Waals surface area contributed by atoms with Gasteiger partial charge in [-0.2, -0.15) is 0 Å². The molecule has 0 aromatic heterocycles. The second-order valence-corrected chi connectivity index (χ2v) is 4.45. The van der Waals surface area contributed by atoms with Crippen LogP contribution in [0.3, 0.4) is 0 Å². The smallest absolute Gasteiger partial charge is 0.254 e. The normalized spacial score (nSPS) is 15.6. The highest BCUT2D eigenvalue weighted by molar-refractivity contribution is 5.95. The number of benzene rings is 1. The number of ether oxygens (including phenoxy) is 1. The van der Waals surface area contributed by atoms with Crippen LogP contribution in [0, 0.1) is 6.92 Å². The number of hydrogen-bond acceptors (Lipinski definition) is 3. The highest BCUT2D eigenvalue weighted by Crippen LogP contribution is 2.19. The van der Waals surface area contributed by atoms with Crippen LogP contribution in [0.5, 0.6) is 5.75 Å². The quantitative estimate of drug-likeness (QED) is 0.880. The number of nitrogens with one attached hydrogen (secondary N) is 1. The van der Waals surface area contributed by atoms with E-state index in [4.69, 9.17) is 4.74 Å². The van der Waals surface area contributed by atoms with Gasteiger partial charge in [0.25, 0.3) is 5.91 Å². The van der Waals surface area contributed by atoms with Gasteiger partial charge in [0, 0.05) is 31.7 Å². The van der Waals surface area contributed by atoms with Crippen LogP contribution in [0.2, 0.25) is 0 Å². The van der Waals surface area contributed by atoms with Gasteiger partial charge in [-0.05, 0) is 37.6 Å². The number of carbonyl (C=O) groups excluding carboxylic acids is 1. The minimum absolute atomic E-state index is 0.122. The molecule has 0 bridgehead atoms. The van der Waals surface area contributed by atoms with Gasteiger partial charge in [0.1, 0.15) is 5.75 Å². The third-order valence-electron chi connectivity index (χ3n) is 3.14. The van der Waals surface area contributed by atoms with E-state index in [1.807, 2.05) is 36.9 Å². The Morgan fingerprint density at radius 3 is 2.72 bits per heavy atom. The molecule has 1 aliphatic heterocycles. The van der Waals surface area contributed by atoms with Crippen molar-refractivity contribution in [2.45, 2.75) is 13.8 Å². The largest absolute Gasteiger partial charge is 0.494 e. The van der Waals surface area contributed by atoms with E-state index in [2.05, 4.69) is 5.32 Å². The van der Waals surface area contributed by atoms with Gasteiger partial charge in [0.15, 0.2) is 0 Å². The van der Waals surface area contributed by atoms with E-state index in [9.17, 15) is 4.79 Å². The molecule has 1 aromatic carbocycles. The summed E-state index contributed by atoms with van der Waals surface area (Å²) in [5, 5.41) is 3.25. The Labute approximate surface area is 108 Å². The lowest BCUT2D eigenvalue weighted by atomic mass is 10.1. The van der Waals surface area contributed by atoms with Crippen molar-refractivity contribution in [2.75, 3.05) is 32.8 Å². The molecule has 1 aliphatic rings. The molecule has 0 radical (unpaired) electrons. The molecule has 4 nitrogen and oxygen atoms in total. The highest BCUT2D eigenvalue weighted by atomic mass is 16.5. The molecule has 1 heterocycles. The van der Waals surface area contributed by atoms with Crippen LogP contribution in [0.4, 0.5) is 0 Å². The molecule has 1 aromatic rings. The molecule has 0 saturated carbocycles. The van der Waals surface area contributed by atoms with Crippen LogP contribution < -0.4 is 10.1 Å². The van der Waals surface area contributed by atoms with E-state index < -0.39 is 0 Å². The van der Waals surface area contributed by atoms with E-state index in [-0.39, 0.29) is 5.91 Å². The first kappa shape index (κ1) is 12.9. The first-order chi connectivity index (χ1) is 8.72. The predicted octanol–water partition coefficient (Wildman–Crippen LogP) is 1.44. The van der Waals surface area contributed by atoms with E-state index in [1.54, 1.807) is 0 Å². The maximum atomic E-state index is 12.3. The van der Waals surface area contributed by atoms with Gasteiger partial charge < -0.3 is 15.0 Å². The lowest BCUT2D eigenvalue weighted by Crippen LogP contribution is -2.46. The first-order valence-electron chi connectivity index (χ1n) is 6.46. The number of aryl methyl sites for hydroxylation is 1. The third kappa shape index (κ3) is 2.82. The second kappa shape index (κ2) is 5.87. The molecule has 1 N–H and O–H groups in total. The van der Waals surface area contributed by atoms with Gasteiger partial charge in [-0.15, -0.1) is 0 Å². The topological polar surface area (TPSA) is 41.6 Å². The summed E-state index contributed by atoms with van der Waals surface area (Å²) in [6, 6.07) is 5.66. The zero-order valence-electron chi connectivity index (χ0n) is 11.0. The van der Waals surface area contributed by atoms with Crippen molar-refractivity contribution >= 4 is 5.91 Å². The summed E-state index contributed by atoms with van der Waals surface area (Å²) >= 11 is 0. The zero-order valence-corrected chi connectivity index (χ0v) is 11.0. The van der Waals surface area contributed by atoms with Crippen molar-refractivity contribution in [1.82, 2.24) is 10.2 Å². The fourth-order valence-corrected chi connectivity index (χ4v) is 2.17. The minimum Gasteiger partial charge on any atom is -0.494 e. The molecule has 98 valence electrons. The molecule has 0 unspecified atom stereocenters. The van der Waals surface area contributed by atoms with Crippen molar-refractivity contribution < 1.29 is 9.53 Å². The Bertz CT molecular complexity index is 426.